The molecule has 9 heavy (non-hydrogen) atoms. The van der Waals surface area contributed by atoms with Gasteiger partial charge in [0.25, 0.3) is 0 Å². The maximum atomic E-state index is 10.8. The van der Waals surface area contributed by atoms with Gasteiger partial charge in [-0.2, -0.15) is 0 Å². The van der Waals surface area contributed by atoms with Crippen molar-refractivity contribution in [1.82, 2.24) is 5.32 Å². The van der Waals surface area contributed by atoms with Crippen molar-refractivity contribution in [1.29, 1.82) is 0 Å². The first-order chi connectivity index (χ1) is 4.61. The van der Waals surface area contributed by atoms with Crippen molar-refractivity contribution in [2.24, 2.45) is 5.92 Å². The van der Waals surface area contributed by atoms with Gasteiger partial charge < -0.3 is 5.32 Å². The molecule has 1 N–H and O–H groups in total. The maximum absolute atomic E-state index is 10.8. The third kappa shape index (κ3) is 1.52. The number of hydrogen-bond acceptors (Lipinski definition) is 2. The van der Waals surface area contributed by atoms with Crippen LogP contribution in [0.3, 0.4) is 0 Å². The third-order valence-corrected chi connectivity index (χ3v) is 1.68. The zero-order chi connectivity index (χ0) is 7.72. The second-order valence-corrected chi connectivity index (χ2v) is 2.71. The normalized spacial score (nSPS) is 44.7. The summed E-state index contributed by atoms with van der Waals surface area (Å²) in [5.74, 6) is 0.468. The topological polar surface area (TPSA) is 29.1 Å². The summed E-state index contributed by atoms with van der Waals surface area (Å²) in [4.78, 5) is 10.8. The number of carbonyl (C=O) groups is 1. The molecular formula is C7H13NO. The molecule has 1 heterocycles. The van der Waals surface area contributed by atoms with Gasteiger partial charge in [0.1, 0.15) is 5.78 Å². The quantitative estimate of drug-likeness (QED) is 0.559. The van der Waals surface area contributed by atoms with Crippen molar-refractivity contribution < 1.29 is 6.17 Å². The van der Waals surface area contributed by atoms with Gasteiger partial charge in [0.2, 0.25) is 0 Å². The summed E-state index contributed by atoms with van der Waals surface area (Å²) >= 11 is 0. The first-order valence-corrected chi connectivity index (χ1v) is 3.30. The SMILES string of the molecule is [2H]C1NC(C(C)=O)CC1C. The van der Waals surface area contributed by atoms with Crippen LogP contribution in [-0.2, 0) is 4.79 Å². The van der Waals surface area contributed by atoms with E-state index in [9.17, 15) is 4.79 Å². The van der Waals surface area contributed by atoms with Crippen LogP contribution in [0.2, 0.25) is 0 Å². The number of nitrogens with one attached hydrogen (secondary N) is 1. The van der Waals surface area contributed by atoms with Crippen LogP contribution in [0.15, 0.2) is 0 Å². The fourth-order valence-electron chi connectivity index (χ4n) is 1.07. The number of Topliss-reactive ketones (excluding diaryl/α,β-unsaturated/α-hetero) is 1. The number of carbonyl (C=O) groups excluding carboxylic acids is 1. The minimum atomic E-state index is -0.242. The fourth-order valence-corrected chi connectivity index (χ4v) is 1.07. The Morgan fingerprint density at radius 2 is 2.56 bits per heavy atom. The molecule has 1 aliphatic rings. The van der Waals surface area contributed by atoms with E-state index in [4.69, 9.17) is 1.37 Å². The van der Waals surface area contributed by atoms with E-state index in [1.807, 2.05) is 6.92 Å². The van der Waals surface area contributed by atoms with Crippen LogP contribution in [0.1, 0.15) is 21.6 Å². The highest BCUT2D eigenvalue weighted by Crippen LogP contribution is 2.12. The van der Waals surface area contributed by atoms with Crippen LogP contribution in [0.4, 0.5) is 0 Å². The molecule has 0 aromatic carbocycles. The van der Waals surface area contributed by atoms with E-state index in [-0.39, 0.29) is 18.3 Å². The molecule has 52 valence electrons. The Morgan fingerprint density at radius 3 is 2.78 bits per heavy atom. The van der Waals surface area contributed by atoms with Gasteiger partial charge >= 0.3 is 0 Å². The minimum absolute atomic E-state index is 0.0579. The third-order valence-electron chi connectivity index (χ3n) is 1.68. The number of ketones is 1. The second kappa shape index (κ2) is 2.48. The first-order valence-electron chi connectivity index (χ1n) is 3.87. The van der Waals surface area contributed by atoms with E-state index >= 15 is 0 Å². The average molecular weight is 128 g/mol. The van der Waals surface area contributed by atoms with Gasteiger partial charge in [-0.15, -0.1) is 0 Å². The van der Waals surface area contributed by atoms with Gasteiger partial charge in [0, 0.05) is 1.37 Å². The minimum Gasteiger partial charge on any atom is -0.307 e. The summed E-state index contributed by atoms with van der Waals surface area (Å²) < 4.78 is 7.40. The highest BCUT2D eigenvalue weighted by molar-refractivity contribution is 5.81. The van der Waals surface area contributed by atoms with Gasteiger partial charge in [-0.05, 0) is 25.8 Å². The molecule has 1 saturated heterocycles. The molecule has 2 heteroatoms. The van der Waals surface area contributed by atoms with Crippen molar-refractivity contribution in [2.45, 2.75) is 26.3 Å². The van der Waals surface area contributed by atoms with E-state index in [0.717, 1.165) is 6.42 Å². The molecule has 1 fully saturated rings. The van der Waals surface area contributed by atoms with Crippen molar-refractivity contribution in [3.63, 3.8) is 0 Å². The lowest BCUT2D eigenvalue weighted by molar-refractivity contribution is -0.118. The van der Waals surface area contributed by atoms with Crippen LogP contribution >= 0.6 is 0 Å². The molecule has 1 aliphatic heterocycles. The lowest BCUT2D eigenvalue weighted by Crippen LogP contribution is -2.28. The van der Waals surface area contributed by atoms with Crippen LogP contribution in [-0.4, -0.2) is 18.3 Å². The van der Waals surface area contributed by atoms with Crippen LogP contribution < -0.4 is 5.32 Å². The highest BCUT2D eigenvalue weighted by atomic mass is 16.1. The van der Waals surface area contributed by atoms with Gasteiger partial charge in [0.05, 0.1) is 6.04 Å². The van der Waals surface area contributed by atoms with Gasteiger partial charge in [-0.25, -0.2) is 0 Å². The molecule has 2 nitrogen and oxygen atoms in total. The predicted octanol–water partition coefficient (Wildman–Crippen LogP) is 0.573. The molecule has 0 bridgehead atoms. The highest BCUT2D eigenvalue weighted by Gasteiger charge is 2.23. The summed E-state index contributed by atoms with van der Waals surface area (Å²) in [6.07, 6.45) is 0.823. The average Bonchev–Trinajstić information content (AvgIpc) is 2.13. The second-order valence-electron chi connectivity index (χ2n) is 2.71. The first kappa shape index (κ1) is 5.42. The van der Waals surface area contributed by atoms with Crippen LogP contribution in [0.5, 0.6) is 0 Å². The molecule has 0 amide bonds. The van der Waals surface area contributed by atoms with E-state index in [1.54, 1.807) is 6.92 Å². The molecular weight excluding hydrogens is 114 g/mol. The summed E-state index contributed by atoms with van der Waals surface area (Å²) in [6, 6.07) is -0.0579. The molecule has 0 radical (unpaired) electrons. The largest absolute Gasteiger partial charge is 0.307 e. The molecule has 0 saturated carbocycles. The lowest BCUT2D eigenvalue weighted by atomic mass is 10.1. The van der Waals surface area contributed by atoms with Crippen LogP contribution in [0.25, 0.3) is 0 Å². The maximum Gasteiger partial charge on any atom is 0.146 e. The van der Waals surface area contributed by atoms with Crippen molar-refractivity contribution >= 4 is 5.78 Å². The Labute approximate surface area is 57.0 Å². The van der Waals surface area contributed by atoms with Crippen molar-refractivity contribution in [3.05, 3.63) is 0 Å². The molecule has 0 aromatic heterocycles. The lowest BCUT2D eigenvalue weighted by Gasteiger charge is -2.02. The summed E-state index contributed by atoms with van der Waals surface area (Å²) in [7, 11) is 0. The molecule has 0 aromatic rings. The number of hydrogen-bond donors (Lipinski definition) is 1. The smallest absolute Gasteiger partial charge is 0.146 e. The molecule has 0 spiro atoms. The van der Waals surface area contributed by atoms with E-state index in [0.29, 0.717) is 5.92 Å². The molecule has 3 unspecified atom stereocenters. The Bertz CT molecular complexity index is 139. The van der Waals surface area contributed by atoms with E-state index in [2.05, 4.69) is 5.32 Å². The Balaban J connectivity index is 2.49. The van der Waals surface area contributed by atoms with Gasteiger partial charge in [-0.3, -0.25) is 4.79 Å². The predicted molar refractivity (Wildman–Crippen MR) is 36.3 cm³/mol. The summed E-state index contributed by atoms with van der Waals surface area (Å²) in [5.41, 5.74) is 0. The summed E-state index contributed by atoms with van der Waals surface area (Å²) in [6.45, 7) is 3.32. The molecule has 0 aliphatic carbocycles. The Hall–Kier alpha value is -0.370. The van der Waals surface area contributed by atoms with E-state index in [1.165, 1.54) is 0 Å². The van der Waals surface area contributed by atoms with E-state index < -0.39 is 0 Å². The van der Waals surface area contributed by atoms with Crippen LogP contribution in [0, 0.1) is 5.92 Å². The van der Waals surface area contributed by atoms with Gasteiger partial charge in [0.15, 0.2) is 0 Å². The van der Waals surface area contributed by atoms with Crippen molar-refractivity contribution in [3.8, 4) is 0 Å². The van der Waals surface area contributed by atoms with Gasteiger partial charge in [-0.1, -0.05) is 6.92 Å². The molecule has 1 rings (SSSR count). The standard InChI is InChI=1S/C7H13NO/c1-5-3-7(6(2)9)8-4-5/h5,7-8H,3-4H2,1-2H3/i4D. The Morgan fingerprint density at radius 1 is 1.89 bits per heavy atom. The zero-order valence-electron chi connectivity index (χ0n) is 6.85. The number of rotatable bonds is 1. The summed E-state index contributed by atoms with van der Waals surface area (Å²) in [5, 5.41) is 2.92. The zero-order valence-corrected chi connectivity index (χ0v) is 5.85. The fraction of sp³-hybridized carbons (Fsp3) is 0.857. The van der Waals surface area contributed by atoms with Crippen molar-refractivity contribution in [2.75, 3.05) is 6.52 Å². The molecule has 3 atom stereocenters. The Kier molecular flexibility index (Phi) is 1.49. The monoisotopic (exact) mass is 128 g/mol.